The molecule has 98 valence electrons. The predicted molar refractivity (Wildman–Crippen MR) is 73.2 cm³/mol. The highest BCUT2D eigenvalue weighted by Crippen LogP contribution is 2.39. The Morgan fingerprint density at radius 2 is 1.94 bits per heavy atom. The molecule has 1 aromatic rings. The van der Waals surface area contributed by atoms with Crippen molar-refractivity contribution < 1.29 is 14.6 Å². The van der Waals surface area contributed by atoms with Gasteiger partial charge in [-0.3, -0.25) is 4.79 Å². The van der Waals surface area contributed by atoms with Gasteiger partial charge in [-0.05, 0) is 30.5 Å². The minimum atomic E-state index is -0.753. The number of thioether (sulfide) groups is 1. The molecule has 2 rings (SSSR count). The zero-order valence-electron chi connectivity index (χ0n) is 10.5. The third kappa shape index (κ3) is 3.19. The molecule has 1 aliphatic rings. The Kier molecular flexibility index (Phi) is 4.53. The fraction of sp³-hybridized carbons (Fsp3) is 0.500. The van der Waals surface area contributed by atoms with E-state index < -0.39 is 11.2 Å². The summed E-state index contributed by atoms with van der Waals surface area (Å²) in [4.78, 5) is 11.4. The molecule has 0 aromatic heterocycles. The van der Waals surface area contributed by atoms with Crippen molar-refractivity contribution >= 4 is 17.7 Å². The largest absolute Gasteiger partial charge is 0.497 e. The number of carboxylic acid groups (broad SMARTS) is 1. The number of hydrogen-bond acceptors (Lipinski definition) is 3. The molecule has 3 nitrogen and oxygen atoms in total. The summed E-state index contributed by atoms with van der Waals surface area (Å²) in [6, 6.07) is 7.33. The smallest absolute Gasteiger partial charge is 0.321 e. The van der Waals surface area contributed by atoms with E-state index in [1.165, 1.54) is 12.8 Å². The third-order valence-electron chi connectivity index (χ3n) is 3.27. The van der Waals surface area contributed by atoms with E-state index in [9.17, 15) is 9.90 Å². The quantitative estimate of drug-likeness (QED) is 0.886. The summed E-state index contributed by atoms with van der Waals surface area (Å²) < 4.78 is 5.09. The highest BCUT2D eigenvalue weighted by Gasteiger charge is 2.26. The van der Waals surface area contributed by atoms with E-state index in [2.05, 4.69) is 0 Å². The fourth-order valence-electron chi connectivity index (χ4n) is 2.27. The van der Waals surface area contributed by atoms with Gasteiger partial charge in [0.05, 0.1) is 7.11 Å². The summed E-state index contributed by atoms with van der Waals surface area (Å²) in [7, 11) is 1.61. The van der Waals surface area contributed by atoms with Gasteiger partial charge in [0.2, 0.25) is 0 Å². The first-order valence-corrected chi connectivity index (χ1v) is 7.17. The van der Waals surface area contributed by atoms with Crippen LogP contribution in [0.2, 0.25) is 0 Å². The van der Waals surface area contributed by atoms with Gasteiger partial charge in [-0.1, -0.05) is 25.0 Å². The predicted octanol–water partition coefficient (Wildman–Crippen LogP) is 3.50. The highest BCUT2D eigenvalue weighted by atomic mass is 32.2. The van der Waals surface area contributed by atoms with Gasteiger partial charge in [0.1, 0.15) is 11.0 Å². The lowest BCUT2D eigenvalue weighted by atomic mass is 10.1. The number of carbonyl (C=O) groups is 1. The molecule has 0 aliphatic heterocycles. The molecular weight excluding hydrogens is 248 g/mol. The first-order chi connectivity index (χ1) is 8.70. The maximum absolute atomic E-state index is 11.4. The summed E-state index contributed by atoms with van der Waals surface area (Å²) in [6.45, 7) is 0. The molecule has 0 spiro atoms. The number of methoxy groups -OCH3 is 1. The molecule has 1 aromatic carbocycles. The number of ether oxygens (including phenoxy) is 1. The van der Waals surface area contributed by atoms with E-state index in [1.54, 1.807) is 18.9 Å². The molecule has 0 amide bonds. The highest BCUT2D eigenvalue weighted by molar-refractivity contribution is 8.00. The minimum absolute atomic E-state index is 0.459. The van der Waals surface area contributed by atoms with Gasteiger partial charge in [0, 0.05) is 5.25 Å². The van der Waals surface area contributed by atoms with Gasteiger partial charge < -0.3 is 9.84 Å². The molecule has 0 saturated heterocycles. The molecule has 0 radical (unpaired) electrons. The van der Waals surface area contributed by atoms with E-state index in [0.29, 0.717) is 5.25 Å². The SMILES string of the molecule is COc1ccc([C@H](SC2CCCC2)C(=O)O)cc1. The fourth-order valence-corrected chi connectivity index (χ4v) is 3.70. The Hall–Kier alpha value is -1.16. The summed E-state index contributed by atoms with van der Waals surface area (Å²) in [5.74, 6) is 0.00539. The Labute approximate surface area is 112 Å². The van der Waals surface area contributed by atoms with Gasteiger partial charge in [0.15, 0.2) is 0 Å². The minimum Gasteiger partial charge on any atom is -0.497 e. The standard InChI is InChI=1S/C14H18O3S/c1-17-11-8-6-10(7-9-11)13(14(15)16)18-12-4-2-3-5-12/h6-9,12-13H,2-5H2,1H3,(H,15,16)/t13-/m0/s1. The number of aliphatic carboxylic acids is 1. The molecule has 18 heavy (non-hydrogen) atoms. The van der Waals surface area contributed by atoms with Crippen molar-refractivity contribution in [1.29, 1.82) is 0 Å². The average molecular weight is 266 g/mol. The molecule has 4 heteroatoms. The van der Waals surface area contributed by atoms with Crippen LogP contribution < -0.4 is 4.74 Å². The second-order valence-electron chi connectivity index (χ2n) is 4.53. The maximum atomic E-state index is 11.4. The van der Waals surface area contributed by atoms with E-state index in [1.807, 2.05) is 24.3 Å². The Morgan fingerprint density at radius 3 is 2.44 bits per heavy atom. The van der Waals surface area contributed by atoms with Crippen molar-refractivity contribution in [3.05, 3.63) is 29.8 Å². The van der Waals surface area contributed by atoms with Crippen LogP contribution >= 0.6 is 11.8 Å². The van der Waals surface area contributed by atoms with Crippen LogP contribution in [0.15, 0.2) is 24.3 Å². The zero-order valence-corrected chi connectivity index (χ0v) is 11.3. The molecule has 0 bridgehead atoms. The average Bonchev–Trinajstić information content (AvgIpc) is 2.89. The van der Waals surface area contributed by atoms with E-state index in [0.717, 1.165) is 24.2 Å². The number of benzene rings is 1. The molecule has 1 fully saturated rings. The monoisotopic (exact) mass is 266 g/mol. The van der Waals surface area contributed by atoms with Gasteiger partial charge in [0.25, 0.3) is 0 Å². The van der Waals surface area contributed by atoms with Crippen LogP contribution in [-0.2, 0) is 4.79 Å². The first-order valence-electron chi connectivity index (χ1n) is 6.23. The normalized spacial score (nSPS) is 17.6. The van der Waals surface area contributed by atoms with Crippen LogP contribution in [0, 0.1) is 0 Å². The van der Waals surface area contributed by atoms with Gasteiger partial charge in [-0.2, -0.15) is 0 Å². The van der Waals surface area contributed by atoms with E-state index in [4.69, 9.17) is 4.74 Å². The summed E-state index contributed by atoms with van der Waals surface area (Å²) >= 11 is 1.59. The molecule has 1 saturated carbocycles. The van der Waals surface area contributed by atoms with Crippen LogP contribution in [0.1, 0.15) is 36.5 Å². The second-order valence-corrected chi connectivity index (χ2v) is 5.94. The summed E-state index contributed by atoms with van der Waals surface area (Å²) in [5.41, 5.74) is 0.847. The molecular formula is C14H18O3S. The molecule has 0 heterocycles. The van der Waals surface area contributed by atoms with Crippen LogP contribution in [0.25, 0.3) is 0 Å². The van der Waals surface area contributed by atoms with Crippen molar-refractivity contribution in [3.8, 4) is 5.75 Å². The lowest BCUT2D eigenvalue weighted by molar-refractivity contribution is -0.136. The lowest BCUT2D eigenvalue weighted by Crippen LogP contribution is -2.11. The van der Waals surface area contributed by atoms with Gasteiger partial charge in [-0.25, -0.2) is 0 Å². The molecule has 0 unspecified atom stereocenters. The van der Waals surface area contributed by atoms with Gasteiger partial charge >= 0.3 is 5.97 Å². The third-order valence-corrected chi connectivity index (χ3v) is 4.88. The van der Waals surface area contributed by atoms with Crippen molar-refractivity contribution in [2.75, 3.05) is 7.11 Å². The molecule has 1 N–H and O–H groups in total. The summed E-state index contributed by atoms with van der Waals surface area (Å²) in [5, 5.41) is 9.40. The van der Waals surface area contributed by atoms with Crippen LogP contribution in [0.4, 0.5) is 0 Å². The molecule has 1 aliphatic carbocycles. The van der Waals surface area contributed by atoms with Crippen molar-refractivity contribution in [2.45, 2.75) is 36.2 Å². The first kappa shape index (κ1) is 13.3. The maximum Gasteiger partial charge on any atom is 0.321 e. The van der Waals surface area contributed by atoms with Crippen molar-refractivity contribution in [1.82, 2.24) is 0 Å². The summed E-state index contributed by atoms with van der Waals surface area (Å²) in [6.07, 6.45) is 4.74. The number of hydrogen-bond donors (Lipinski definition) is 1. The Morgan fingerprint density at radius 1 is 1.33 bits per heavy atom. The second kappa shape index (κ2) is 6.14. The van der Waals surface area contributed by atoms with Crippen LogP contribution in [0.3, 0.4) is 0 Å². The number of rotatable bonds is 5. The number of carboxylic acids is 1. The molecule has 1 atom stereocenters. The van der Waals surface area contributed by atoms with E-state index in [-0.39, 0.29) is 0 Å². The lowest BCUT2D eigenvalue weighted by Gasteiger charge is -2.17. The van der Waals surface area contributed by atoms with Crippen LogP contribution in [-0.4, -0.2) is 23.4 Å². The van der Waals surface area contributed by atoms with Crippen molar-refractivity contribution in [2.24, 2.45) is 0 Å². The Balaban J connectivity index is 2.10. The van der Waals surface area contributed by atoms with Gasteiger partial charge in [-0.15, -0.1) is 11.8 Å². The van der Waals surface area contributed by atoms with Crippen LogP contribution in [0.5, 0.6) is 5.75 Å². The Bertz CT molecular complexity index is 396. The van der Waals surface area contributed by atoms with E-state index >= 15 is 0 Å². The van der Waals surface area contributed by atoms with Crippen molar-refractivity contribution in [3.63, 3.8) is 0 Å². The topological polar surface area (TPSA) is 46.5 Å². The zero-order chi connectivity index (χ0) is 13.0.